The van der Waals surface area contributed by atoms with Crippen molar-refractivity contribution in [3.05, 3.63) is 82.9 Å². The van der Waals surface area contributed by atoms with Crippen molar-refractivity contribution in [3.63, 3.8) is 0 Å². The number of anilines is 1. The zero-order valence-corrected chi connectivity index (χ0v) is 17.2. The molecule has 3 aromatic rings. The molecule has 0 bridgehead atoms. The number of para-hydroxylation sites is 2. The van der Waals surface area contributed by atoms with Crippen LogP contribution in [0.3, 0.4) is 0 Å². The van der Waals surface area contributed by atoms with Crippen molar-refractivity contribution >= 4 is 23.0 Å². The first kappa shape index (κ1) is 18.4. The molecule has 3 aromatic carbocycles. The lowest BCUT2D eigenvalue weighted by molar-refractivity contribution is 0.0989. The van der Waals surface area contributed by atoms with E-state index < -0.39 is 0 Å². The maximum atomic E-state index is 13.6. The van der Waals surface area contributed by atoms with Crippen molar-refractivity contribution in [2.24, 2.45) is 4.99 Å². The SMILES string of the molecule is COc1ccc2c(c1OC)C(=O)N1c3ccccc3N=C(c3ccc(C)cc3)CC21. The summed E-state index contributed by atoms with van der Waals surface area (Å²) in [4.78, 5) is 20.4. The standard InChI is InChI=1S/C25H22N2O3/c1-15-8-10-16(11-9-15)19-14-21-17-12-13-22(29-2)24(30-3)23(17)25(28)27(21)20-7-5-4-6-18(20)26-19/h4-13,21H,14H2,1-3H3. The number of hydrogen-bond donors (Lipinski definition) is 0. The van der Waals surface area contributed by atoms with Crippen molar-refractivity contribution in [2.45, 2.75) is 19.4 Å². The van der Waals surface area contributed by atoms with Crippen LogP contribution in [0, 0.1) is 6.92 Å². The molecule has 5 rings (SSSR count). The molecule has 30 heavy (non-hydrogen) atoms. The molecule has 1 amide bonds. The summed E-state index contributed by atoms with van der Waals surface area (Å²) < 4.78 is 11.0. The molecule has 0 fully saturated rings. The van der Waals surface area contributed by atoms with E-state index >= 15 is 0 Å². The Morgan fingerprint density at radius 2 is 1.73 bits per heavy atom. The van der Waals surface area contributed by atoms with Gasteiger partial charge in [0.25, 0.3) is 5.91 Å². The Balaban J connectivity index is 1.72. The van der Waals surface area contributed by atoms with Gasteiger partial charge in [0.2, 0.25) is 0 Å². The van der Waals surface area contributed by atoms with Crippen molar-refractivity contribution in [2.75, 3.05) is 19.1 Å². The summed E-state index contributed by atoms with van der Waals surface area (Å²) in [5.74, 6) is 0.959. The van der Waals surface area contributed by atoms with Crippen molar-refractivity contribution in [1.82, 2.24) is 0 Å². The third-order valence-electron chi connectivity index (χ3n) is 5.85. The van der Waals surface area contributed by atoms with Crippen LogP contribution in [-0.4, -0.2) is 25.8 Å². The van der Waals surface area contributed by atoms with Crippen LogP contribution < -0.4 is 14.4 Å². The van der Waals surface area contributed by atoms with Gasteiger partial charge in [-0.15, -0.1) is 0 Å². The number of fused-ring (bicyclic) bond motifs is 5. The van der Waals surface area contributed by atoms with Crippen molar-refractivity contribution < 1.29 is 14.3 Å². The minimum absolute atomic E-state index is 0.0847. The quantitative estimate of drug-likeness (QED) is 0.606. The molecule has 1 atom stereocenters. The van der Waals surface area contributed by atoms with E-state index in [9.17, 15) is 4.79 Å². The number of hydrogen-bond acceptors (Lipinski definition) is 4. The molecule has 0 spiro atoms. The molecule has 5 heteroatoms. The number of aliphatic imine (C=N–C) groups is 1. The maximum absolute atomic E-state index is 13.6. The molecule has 5 nitrogen and oxygen atoms in total. The topological polar surface area (TPSA) is 51.1 Å². The van der Waals surface area contributed by atoms with Crippen LogP contribution in [0.15, 0.2) is 65.7 Å². The molecule has 2 aliphatic heterocycles. The van der Waals surface area contributed by atoms with Gasteiger partial charge in [0.15, 0.2) is 11.5 Å². The molecule has 0 saturated carbocycles. The predicted octanol–water partition coefficient (Wildman–Crippen LogP) is 5.24. The summed E-state index contributed by atoms with van der Waals surface area (Å²) in [5.41, 5.74) is 6.35. The van der Waals surface area contributed by atoms with E-state index in [-0.39, 0.29) is 11.9 Å². The fraction of sp³-hybridized carbons (Fsp3) is 0.200. The van der Waals surface area contributed by atoms with Gasteiger partial charge < -0.3 is 9.47 Å². The normalized spacial score (nSPS) is 16.9. The molecule has 2 heterocycles. The van der Waals surface area contributed by atoms with Crippen LogP contribution in [0.4, 0.5) is 11.4 Å². The summed E-state index contributed by atoms with van der Waals surface area (Å²) in [6.45, 7) is 2.07. The highest BCUT2D eigenvalue weighted by molar-refractivity contribution is 6.17. The molecular weight excluding hydrogens is 376 g/mol. The molecular formula is C25H22N2O3. The molecule has 1 unspecified atom stereocenters. The minimum atomic E-state index is -0.156. The Kier molecular flexibility index (Phi) is 4.31. The number of aryl methyl sites for hydroxylation is 1. The highest BCUT2D eigenvalue weighted by Crippen LogP contribution is 2.50. The van der Waals surface area contributed by atoms with Crippen molar-refractivity contribution in [1.29, 1.82) is 0 Å². The van der Waals surface area contributed by atoms with Crippen LogP contribution in [0.5, 0.6) is 11.5 Å². The number of ether oxygens (including phenoxy) is 2. The van der Waals surface area contributed by atoms with E-state index in [1.807, 2.05) is 41.3 Å². The smallest absolute Gasteiger partial charge is 0.263 e. The lowest BCUT2D eigenvalue weighted by atomic mass is 9.96. The van der Waals surface area contributed by atoms with Gasteiger partial charge in [-0.1, -0.05) is 48.0 Å². The highest BCUT2D eigenvalue weighted by Gasteiger charge is 2.43. The summed E-state index contributed by atoms with van der Waals surface area (Å²) in [7, 11) is 3.15. The monoisotopic (exact) mass is 398 g/mol. The molecule has 150 valence electrons. The Labute approximate surface area is 175 Å². The van der Waals surface area contributed by atoms with E-state index in [0.29, 0.717) is 23.5 Å². The first-order chi connectivity index (χ1) is 14.6. The first-order valence-electron chi connectivity index (χ1n) is 9.94. The third kappa shape index (κ3) is 2.70. The van der Waals surface area contributed by atoms with Crippen LogP contribution in [-0.2, 0) is 0 Å². The number of amides is 1. The number of carbonyl (C=O) groups is 1. The average Bonchev–Trinajstić information content (AvgIpc) is 2.94. The second-order valence-electron chi connectivity index (χ2n) is 7.57. The summed E-state index contributed by atoms with van der Waals surface area (Å²) in [6.07, 6.45) is 0.617. The number of nitrogens with zero attached hydrogens (tertiary/aromatic N) is 2. The van der Waals surface area contributed by atoms with E-state index in [1.54, 1.807) is 14.2 Å². The first-order valence-corrected chi connectivity index (χ1v) is 9.94. The van der Waals surface area contributed by atoms with E-state index in [2.05, 4.69) is 31.2 Å². The van der Waals surface area contributed by atoms with E-state index in [4.69, 9.17) is 14.5 Å². The number of rotatable bonds is 3. The van der Waals surface area contributed by atoms with Gasteiger partial charge in [0.1, 0.15) is 0 Å². The summed E-state index contributed by atoms with van der Waals surface area (Å²) >= 11 is 0. The van der Waals surface area contributed by atoms with Crippen LogP contribution >= 0.6 is 0 Å². The van der Waals surface area contributed by atoms with Gasteiger partial charge in [-0.3, -0.25) is 14.7 Å². The molecule has 0 saturated heterocycles. The lowest BCUT2D eigenvalue weighted by Crippen LogP contribution is -2.28. The fourth-order valence-electron chi connectivity index (χ4n) is 4.39. The van der Waals surface area contributed by atoms with E-state index in [0.717, 1.165) is 28.2 Å². The summed E-state index contributed by atoms with van der Waals surface area (Å²) in [6, 6.07) is 19.9. The second kappa shape index (κ2) is 7.02. The van der Waals surface area contributed by atoms with Gasteiger partial charge in [0.05, 0.1) is 42.9 Å². The Bertz CT molecular complexity index is 1180. The van der Waals surface area contributed by atoms with Crippen molar-refractivity contribution in [3.8, 4) is 11.5 Å². The fourth-order valence-corrected chi connectivity index (χ4v) is 4.39. The minimum Gasteiger partial charge on any atom is -0.493 e. The molecule has 2 aliphatic rings. The number of carbonyl (C=O) groups excluding carboxylic acids is 1. The third-order valence-corrected chi connectivity index (χ3v) is 5.85. The van der Waals surface area contributed by atoms with Gasteiger partial charge in [-0.25, -0.2) is 0 Å². The highest BCUT2D eigenvalue weighted by atomic mass is 16.5. The zero-order chi connectivity index (χ0) is 20.8. The van der Waals surface area contributed by atoms with Gasteiger partial charge >= 0.3 is 0 Å². The van der Waals surface area contributed by atoms with E-state index in [1.165, 1.54) is 5.56 Å². The lowest BCUT2D eigenvalue weighted by Gasteiger charge is -2.24. The van der Waals surface area contributed by atoms with Gasteiger partial charge in [-0.05, 0) is 36.2 Å². The predicted molar refractivity (Wildman–Crippen MR) is 118 cm³/mol. The van der Waals surface area contributed by atoms with Crippen LogP contribution in [0.2, 0.25) is 0 Å². The van der Waals surface area contributed by atoms with Crippen LogP contribution in [0.25, 0.3) is 0 Å². The molecule has 0 radical (unpaired) electrons. The Hall–Kier alpha value is -3.60. The zero-order valence-electron chi connectivity index (χ0n) is 17.2. The number of benzene rings is 3. The summed E-state index contributed by atoms with van der Waals surface area (Å²) in [5, 5.41) is 0. The largest absolute Gasteiger partial charge is 0.493 e. The van der Waals surface area contributed by atoms with Gasteiger partial charge in [0, 0.05) is 6.42 Å². The number of methoxy groups -OCH3 is 2. The maximum Gasteiger partial charge on any atom is 0.263 e. The second-order valence-corrected chi connectivity index (χ2v) is 7.57. The average molecular weight is 398 g/mol. The Morgan fingerprint density at radius 3 is 2.47 bits per heavy atom. The van der Waals surface area contributed by atoms with Gasteiger partial charge in [-0.2, -0.15) is 0 Å². The Morgan fingerprint density at radius 1 is 0.967 bits per heavy atom. The molecule has 0 aromatic heterocycles. The van der Waals surface area contributed by atoms with Crippen LogP contribution in [0.1, 0.15) is 39.5 Å². The molecule has 0 aliphatic carbocycles. The molecule has 0 N–H and O–H groups in total.